The standard InChI is InChI=1S/C27H26F4N6O2/c1-36-22-5-4-6-23(24(22)35-26(36)34-20-15-17(27(29,30)31)7-8-19(20)28)39-18-9-10-32-21(16-18)25(38)33-11-14-37-12-2-3-13-37/h4-10,15-16H,2-3,11-14H2,1H3,(H,33,38)(H,34,35). The lowest BCUT2D eigenvalue weighted by molar-refractivity contribution is -0.137. The molecule has 39 heavy (non-hydrogen) atoms. The lowest BCUT2D eigenvalue weighted by Gasteiger charge is -2.14. The van der Waals surface area contributed by atoms with Crippen molar-refractivity contribution in [3.63, 3.8) is 0 Å². The van der Waals surface area contributed by atoms with Crippen LogP contribution in [0.15, 0.2) is 54.7 Å². The van der Waals surface area contributed by atoms with E-state index in [2.05, 4.69) is 25.5 Å². The Labute approximate surface area is 221 Å². The van der Waals surface area contributed by atoms with Gasteiger partial charge in [0.15, 0.2) is 5.75 Å². The van der Waals surface area contributed by atoms with Gasteiger partial charge in [0.05, 0.1) is 16.8 Å². The number of nitrogens with one attached hydrogen (secondary N) is 2. The van der Waals surface area contributed by atoms with E-state index in [1.165, 1.54) is 25.1 Å². The monoisotopic (exact) mass is 542 g/mol. The number of halogens is 4. The number of amides is 1. The van der Waals surface area contributed by atoms with Gasteiger partial charge in [-0.3, -0.25) is 9.78 Å². The summed E-state index contributed by atoms with van der Waals surface area (Å²) < 4.78 is 61.3. The number of hydrogen-bond acceptors (Lipinski definition) is 6. The summed E-state index contributed by atoms with van der Waals surface area (Å²) in [4.78, 5) is 23.5. The normalized spacial score (nSPS) is 14.1. The minimum atomic E-state index is -4.62. The van der Waals surface area contributed by atoms with Gasteiger partial charge >= 0.3 is 6.18 Å². The number of pyridine rings is 1. The highest BCUT2D eigenvalue weighted by Gasteiger charge is 2.31. The van der Waals surface area contributed by atoms with E-state index in [0.717, 1.165) is 25.7 Å². The van der Waals surface area contributed by atoms with Crippen molar-refractivity contribution in [2.24, 2.45) is 7.05 Å². The summed E-state index contributed by atoms with van der Waals surface area (Å²) in [5.41, 5.74) is -0.160. The van der Waals surface area contributed by atoms with Crippen LogP contribution < -0.4 is 15.4 Å². The van der Waals surface area contributed by atoms with Crippen LogP contribution in [0.5, 0.6) is 11.5 Å². The molecule has 0 bridgehead atoms. The maximum atomic E-state index is 14.3. The number of hydrogen-bond donors (Lipinski definition) is 2. The van der Waals surface area contributed by atoms with Crippen molar-refractivity contribution in [3.8, 4) is 11.5 Å². The quantitative estimate of drug-likeness (QED) is 0.287. The predicted octanol–water partition coefficient (Wildman–Crippen LogP) is 5.49. The Kier molecular flexibility index (Phi) is 7.38. The molecule has 2 aromatic carbocycles. The van der Waals surface area contributed by atoms with Crippen molar-refractivity contribution < 1.29 is 27.1 Å². The number of carbonyl (C=O) groups is 1. The highest BCUT2D eigenvalue weighted by Crippen LogP contribution is 2.35. The third kappa shape index (κ3) is 5.95. The Hall–Kier alpha value is -4.19. The number of benzene rings is 2. The van der Waals surface area contributed by atoms with Crippen molar-refractivity contribution in [3.05, 3.63) is 71.8 Å². The molecule has 3 heterocycles. The number of rotatable bonds is 8. The van der Waals surface area contributed by atoms with Crippen LogP contribution in [0.1, 0.15) is 28.9 Å². The third-order valence-electron chi connectivity index (χ3n) is 6.52. The first-order valence-corrected chi connectivity index (χ1v) is 12.4. The molecule has 0 atom stereocenters. The number of aromatic nitrogens is 3. The van der Waals surface area contributed by atoms with Gasteiger partial charge in [-0.1, -0.05) is 6.07 Å². The molecule has 8 nitrogen and oxygen atoms in total. The van der Waals surface area contributed by atoms with Gasteiger partial charge in [-0.2, -0.15) is 13.2 Å². The molecule has 0 aliphatic carbocycles. The molecule has 204 valence electrons. The van der Waals surface area contributed by atoms with Gasteiger partial charge in [-0.05, 0) is 62.3 Å². The third-order valence-corrected chi connectivity index (χ3v) is 6.52. The molecular formula is C27H26F4N6O2. The number of likely N-dealkylation sites (tertiary alicyclic amines) is 1. The smallest absolute Gasteiger partial charge is 0.416 e. The van der Waals surface area contributed by atoms with Gasteiger partial charge < -0.3 is 24.8 Å². The number of carbonyl (C=O) groups excluding carboxylic acids is 1. The summed E-state index contributed by atoms with van der Waals surface area (Å²) in [6, 6.07) is 10.4. The Balaban J connectivity index is 1.34. The molecule has 1 saturated heterocycles. The van der Waals surface area contributed by atoms with Crippen LogP contribution in [0.2, 0.25) is 0 Å². The summed E-state index contributed by atoms with van der Waals surface area (Å²) in [5.74, 6) is -0.356. The summed E-state index contributed by atoms with van der Waals surface area (Å²) in [7, 11) is 1.64. The predicted molar refractivity (Wildman–Crippen MR) is 138 cm³/mol. The first-order valence-electron chi connectivity index (χ1n) is 12.4. The molecule has 2 aromatic heterocycles. The molecule has 5 rings (SSSR count). The fourth-order valence-electron chi connectivity index (χ4n) is 4.45. The van der Waals surface area contributed by atoms with Crippen LogP contribution in [0.25, 0.3) is 11.0 Å². The number of imidazole rings is 1. The molecule has 4 aromatic rings. The average molecular weight is 543 g/mol. The zero-order valence-electron chi connectivity index (χ0n) is 21.1. The molecule has 12 heteroatoms. The maximum Gasteiger partial charge on any atom is 0.416 e. The zero-order chi connectivity index (χ0) is 27.6. The SMILES string of the molecule is Cn1c(Nc2cc(C(F)(F)F)ccc2F)nc2c(Oc3ccnc(C(=O)NCCN4CCCC4)c3)cccc21. The molecule has 0 saturated carbocycles. The first-order chi connectivity index (χ1) is 18.7. The van der Waals surface area contributed by atoms with Gasteiger partial charge in [0, 0.05) is 32.4 Å². The number of nitrogens with zero attached hydrogens (tertiary/aromatic N) is 4. The van der Waals surface area contributed by atoms with Crippen LogP contribution in [0.4, 0.5) is 29.2 Å². The average Bonchev–Trinajstić information content (AvgIpc) is 3.53. The van der Waals surface area contributed by atoms with Crippen molar-refractivity contribution in [2.75, 3.05) is 31.5 Å². The second-order valence-electron chi connectivity index (χ2n) is 9.22. The van der Waals surface area contributed by atoms with Gasteiger partial charge in [-0.25, -0.2) is 9.37 Å². The Morgan fingerprint density at radius 1 is 1.10 bits per heavy atom. The molecule has 1 amide bonds. The van der Waals surface area contributed by atoms with E-state index in [0.29, 0.717) is 41.2 Å². The van der Waals surface area contributed by atoms with Crippen molar-refractivity contribution >= 4 is 28.6 Å². The maximum absolute atomic E-state index is 14.3. The van der Waals surface area contributed by atoms with Crippen molar-refractivity contribution in [1.82, 2.24) is 24.8 Å². The highest BCUT2D eigenvalue weighted by molar-refractivity contribution is 5.92. The molecule has 0 unspecified atom stereocenters. The fourth-order valence-corrected chi connectivity index (χ4v) is 4.45. The minimum absolute atomic E-state index is 0.118. The van der Waals surface area contributed by atoms with E-state index >= 15 is 0 Å². The van der Waals surface area contributed by atoms with Crippen LogP contribution in [0, 0.1) is 5.82 Å². The Morgan fingerprint density at radius 2 is 1.90 bits per heavy atom. The van der Waals surface area contributed by atoms with Gasteiger partial charge in [0.25, 0.3) is 5.91 Å². The molecular weight excluding hydrogens is 516 g/mol. The Bertz CT molecular complexity index is 1500. The summed E-state index contributed by atoms with van der Waals surface area (Å²) in [6.07, 6.45) is -0.798. The van der Waals surface area contributed by atoms with E-state index in [1.807, 2.05) is 0 Å². The second kappa shape index (κ2) is 10.9. The number of para-hydroxylation sites is 1. The van der Waals surface area contributed by atoms with Crippen molar-refractivity contribution in [1.29, 1.82) is 0 Å². The summed E-state index contributed by atoms with van der Waals surface area (Å²) in [5, 5.41) is 5.53. The highest BCUT2D eigenvalue weighted by atomic mass is 19.4. The molecule has 2 N–H and O–H groups in total. The number of fused-ring (bicyclic) bond motifs is 1. The first kappa shape index (κ1) is 26.4. The fraction of sp³-hybridized carbons (Fsp3) is 0.296. The van der Waals surface area contributed by atoms with Crippen molar-refractivity contribution in [2.45, 2.75) is 19.0 Å². The summed E-state index contributed by atoms with van der Waals surface area (Å²) in [6.45, 7) is 3.39. The van der Waals surface area contributed by atoms with Crippen LogP contribution in [0.3, 0.4) is 0 Å². The number of aryl methyl sites for hydroxylation is 1. The van der Waals surface area contributed by atoms with Gasteiger partial charge in [-0.15, -0.1) is 0 Å². The van der Waals surface area contributed by atoms with E-state index in [4.69, 9.17) is 4.74 Å². The lowest BCUT2D eigenvalue weighted by atomic mass is 10.2. The molecule has 1 aliphatic rings. The topological polar surface area (TPSA) is 84.3 Å². The van der Waals surface area contributed by atoms with E-state index < -0.39 is 17.6 Å². The molecule has 0 radical (unpaired) electrons. The zero-order valence-corrected chi connectivity index (χ0v) is 21.1. The number of ether oxygens (including phenoxy) is 1. The number of anilines is 2. The summed E-state index contributed by atoms with van der Waals surface area (Å²) >= 11 is 0. The second-order valence-corrected chi connectivity index (χ2v) is 9.22. The van der Waals surface area contributed by atoms with E-state index in [-0.39, 0.29) is 23.2 Å². The number of alkyl halides is 3. The molecule has 1 aliphatic heterocycles. The van der Waals surface area contributed by atoms with Gasteiger partial charge in [0.2, 0.25) is 5.95 Å². The largest absolute Gasteiger partial charge is 0.455 e. The van der Waals surface area contributed by atoms with Crippen LogP contribution >= 0.6 is 0 Å². The molecule has 1 fully saturated rings. The lowest BCUT2D eigenvalue weighted by Crippen LogP contribution is -2.33. The van der Waals surface area contributed by atoms with E-state index in [9.17, 15) is 22.4 Å². The van der Waals surface area contributed by atoms with E-state index in [1.54, 1.807) is 35.9 Å². The van der Waals surface area contributed by atoms with Crippen LogP contribution in [-0.4, -0.2) is 51.5 Å². The van der Waals surface area contributed by atoms with Gasteiger partial charge in [0.1, 0.15) is 22.8 Å². The minimum Gasteiger partial charge on any atom is -0.455 e. The van der Waals surface area contributed by atoms with Crippen LogP contribution in [-0.2, 0) is 13.2 Å². The molecule has 0 spiro atoms. The Morgan fingerprint density at radius 3 is 2.67 bits per heavy atom.